The summed E-state index contributed by atoms with van der Waals surface area (Å²) in [5.41, 5.74) is 1.34. The quantitative estimate of drug-likeness (QED) is 0.758. The lowest BCUT2D eigenvalue weighted by Crippen LogP contribution is -2.27. The normalized spacial score (nSPS) is 10.4. The number of anilines is 1. The molecule has 2 amide bonds. The van der Waals surface area contributed by atoms with E-state index in [1.807, 2.05) is 0 Å². The average molecular weight is 379 g/mol. The molecule has 0 saturated carbocycles. The molecule has 0 spiro atoms. The first-order chi connectivity index (χ1) is 11.9. The van der Waals surface area contributed by atoms with Gasteiger partial charge in [-0.25, -0.2) is 0 Å². The van der Waals surface area contributed by atoms with Gasteiger partial charge in [0.2, 0.25) is 0 Å². The van der Waals surface area contributed by atoms with Crippen LogP contribution < -0.4 is 5.32 Å². The van der Waals surface area contributed by atoms with Crippen LogP contribution in [0.5, 0.6) is 0 Å². The van der Waals surface area contributed by atoms with Gasteiger partial charge in [0.25, 0.3) is 11.8 Å². The third-order valence-corrected chi connectivity index (χ3v) is 4.42. The Morgan fingerprint density at radius 1 is 1.00 bits per heavy atom. The summed E-state index contributed by atoms with van der Waals surface area (Å²) < 4.78 is 0. The van der Waals surface area contributed by atoms with Crippen molar-refractivity contribution in [1.82, 2.24) is 4.90 Å². The summed E-state index contributed by atoms with van der Waals surface area (Å²) in [5, 5.41) is 3.43. The number of amides is 2. The monoisotopic (exact) mass is 378 g/mol. The van der Waals surface area contributed by atoms with Crippen molar-refractivity contribution >= 4 is 40.7 Å². The highest BCUT2D eigenvalue weighted by Crippen LogP contribution is 2.30. The van der Waals surface area contributed by atoms with Gasteiger partial charge in [0.15, 0.2) is 0 Å². The zero-order valence-corrected chi connectivity index (χ0v) is 15.7. The van der Waals surface area contributed by atoms with Crippen LogP contribution in [-0.2, 0) is 0 Å². The molecule has 0 unspecified atom stereocenters. The number of carbonyl (C=O) groups excluding carboxylic acids is 2. The Morgan fingerprint density at radius 2 is 1.56 bits per heavy atom. The van der Waals surface area contributed by atoms with Gasteiger partial charge in [-0.15, -0.1) is 0 Å². The second-order valence-electron chi connectivity index (χ2n) is 5.71. The van der Waals surface area contributed by atoms with Crippen molar-refractivity contribution in [2.45, 2.75) is 19.8 Å². The number of nitrogens with one attached hydrogen (secondary N) is 1. The lowest BCUT2D eigenvalue weighted by molar-refractivity contribution is 0.0792. The molecule has 2 rings (SSSR count). The van der Waals surface area contributed by atoms with Gasteiger partial charge in [0.05, 0.1) is 15.7 Å². The largest absolute Gasteiger partial charge is 0.342 e. The van der Waals surface area contributed by atoms with Gasteiger partial charge in [-0.1, -0.05) is 42.6 Å². The summed E-state index contributed by atoms with van der Waals surface area (Å²) in [7, 11) is 1.78. The minimum absolute atomic E-state index is 0.0606. The lowest BCUT2D eigenvalue weighted by Gasteiger charge is -2.17. The molecular formula is C19H20Cl2N2O2. The molecule has 0 radical (unpaired) electrons. The van der Waals surface area contributed by atoms with E-state index in [0.717, 1.165) is 12.8 Å². The van der Waals surface area contributed by atoms with E-state index in [9.17, 15) is 9.59 Å². The third-order valence-electron chi connectivity index (χ3n) is 3.79. The number of carbonyl (C=O) groups is 2. The highest BCUT2D eigenvalue weighted by atomic mass is 35.5. The van der Waals surface area contributed by atoms with Gasteiger partial charge in [-0.2, -0.15) is 0 Å². The van der Waals surface area contributed by atoms with Crippen molar-refractivity contribution in [2.24, 2.45) is 0 Å². The SMILES string of the molecule is CCCCN(C)C(=O)c1ccc(C(=O)Nc2c(Cl)cccc2Cl)cc1. The Kier molecular flexibility index (Phi) is 6.85. The average Bonchev–Trinajstić information content (AvgIpc) is 2.62. The Bertz CT molecular complexity index is 740. The van der Waals surface area contributed by atoms with E-state index >= 15 is 0 Å². The first-order valence-corrected chi connectivity index (χ1v) is 8.80. The van der Waals surface area contributed by atoms with Gasteiger partial charge in [-0.3, -0.25) is 9.59 Å². The molecule has 0 bridgehead atoms. The van der Waals surface area contributed by atoms with Crippen LogP contribution in [0.4, 0.5) is 5.69 Å². The second kappa shape index (κ2) is 8.88. The molecule has 25 heavy (non-hydrogen) atoms. The number of hydrogen-bond acceptors (Lipinski definition) is 2. The summed E-state index contributed by atoms with van der Waals surface area (Å²) in [6.45, 7) is 2.79. The van der Waals surface area contributed by atoms with Crippen molar-refractivity contribution in [2.75, 3.05) is 18.9 Å². The maximum absolute atomic E-state index is 12.4. The van der Waals surface area contributed by atoms with Gasteiger partial charge < -0.3 is 10.2 Å². The molecule has 2 aromatic rings. The van der Waals surface area contributed by atoms with Crippen molar-refractivity contribution in [3.05, 3.63) is 63.6 Å². The van der Waals surface area contributed by atoms with E-state index in [1.165, 1.54) is 0 Å². The molecule has 2 aromatic carbocycles. The number of halogens is 2. The Labute approximate surface area is 157 Å². The standard InChI is InChI=1S/C19H20Cl2N2O2/c1-3-4-12-23(2)19(25)14-10-8-13(9-11-14)18(24)22-17-15(20)6-5-7-16(17)21/h5-11H,3-4,12H2,1-2H3,(H,22,24). The van der Waals surface area contributed by atoms with Gasteiger partial charge >= 0.3 is 0 Å². The van der Waals surface area contributed by atoms with Crippen LogP contribution >= 0.6 is 23.2 Å². The van der Waals surface area contributed by atoms with Crippen molar-refractivity contribution < 1.29 is 9.59 Å². The summed E-state index contributed by atoms with van der Waals surface area (Å²) in [6.07, 6.45) is 1.99. The van der Waals surface area contributed by atoms with Crippen LogP contribution in [0.1, 0.15) is 40.5 Å². The molecule has 0 aromatic heterocycles. The lowest BCUT2D eigenvalue weighted by atomic mass is 10.1. The Hall–Kier alpha value is -2.04. The maximum Gasteiger partial charge on any atom is 0.255 e. The number of rotatable bonds is 6. The van der Waals surface area contributed by atoms with Crippen LogP contribution in [0.25, 0.3) is 0 Å². The molecule has 0 fully saturated rings. The number of hydrogen-bond donors (Lipinski definition) is 1. The molecule has 6 heteroatoms. The van der Waals surface area contributed by atoms with E-state index < -0.39 is 0 Å². The van der Waals surface area contributed by atoms with Crippen LogP contribution in [-0.4, -0.2) is 30.3 Å². The van der Waals surface area contributed by atoms with Gasteiger partial charge in [-0.05, 0) is 42.8 Å². The minimum Gasteiger partial charge on any atom is -0.342 e. The first kappa shape index (κ1) is 19.3. The van der Waals surface area contributed by atoms with E-state index in [2.05, 4.69) is 12.2 Å². The van der Waals surface area contributed by atoms with Crippen molar-refractivity contribution in [3.63, 3.8) is 0 Å². The van der Waals surface area contributed by atoms with E-state index in [1.54, 1.807) is 54.4 Å². The van der Waals surface area contributed by atoms with Crippen LogP contribution in [0.3, 0.4) is 0 Å². The fraction of sp³-hybridized carbons (Fsp3) is 0.263. The third kappa shape index (κ3) is 4.97. The Morgan fingerprint density at radius 3 is 2.12 bits per heavy atom. The topological polar surface area (TPSA) is 49.4 Å². The second-order valence-corrected chi connectivity index (χ2v) is 6.52. The smallest absolute Gasteiger partial charge is 0.255 e. The fourth-order valence-corrected chi connectivity index (χ4v) is 2.78. The van der Waals surface area contributed by atoms with Gasteiger partial charge in [0, 0.05) is 24.7 Å². The number of para-hydroxylation sites is 1. The summed E-state index contributed by atoms with van der Waals surface area (Å²) in [4.78, 5) is 26.3. The molecule has 0 aliphatic carbocycles. The number of benzene rings is 2. The summed E-state index contributed by atoms with van der Waals surface area (Å²) in [6, 6.07) is 11.5. The zero-order chi connectivity index (χ0) is 18.4. The number of unbranched alkanes of at least 4 members (excludes halogenated alkanes) is 1. The first-order valence-electron chi connectivity index (χ1n) is 8.05. The molecule has 0 atom stereocenters. The van der Waals surface area contributed by atoms with Crippen molar-refractivity contribution in [3.8, 4) is 0 Å². The summed E-state index contributed by atoms with van der Waals surface area (Å²) in [5.74, 6) is -0.400. The fourth-order valence-electron chi connectivity index (χ4n) is 2.28. The summed E-state index contributed by atoms with van der Waals surface area (Å²) >= 11 is 12.1. The molecule has 1 N–H and O–H groups in total. The van der Waals surface area contributed by atoms with Crippen LogP contribution in [0.15, 0.2) is 42.5 Å². The highest BCUT2D eigenvalue weighted by molar-refractivity contribution is 6.40. The molecular weight excluding hydrogens is 359 g/mol. The zero-order valence-electron chi connectivity index (χ0n) is 14.2. The molecule has 0 saturated heterocycles. The van der Waals surface area contributed by atoms with Crippen molar-refractivity contribution in [1.29, 1.82) is 0 Å². The highest BCUT2D eigenvalue weighted by Gasteiger charge is 2.14. The van der Waals surface area contributed by atoms with E-state index in [0.29, 0.717) is 33.4 Å². The van der Waals surface area contributed by atoms with E-state index in [4.69, 9.17) is 23.2 Å². The molecule has 132 valence electrons. The molecule has 4 nitrogen and oxygen atoms in total. The predicted molar refractivity (Wildman–Crippen MR) is 103 cm³/mol. The van der Waals surface area contributed by atoms with Crippen LogP contribution in [0, 0.1) is 0 Å². The van der Waals surface area contributed by atoms with E-state index in [-0.39, 0.29) is 11.8 Å². The molecule has 0 aliphatic rings. The predicted octanol–water partition coefficient (Wildman–Crippen LogP) is 5.12. The van der Waals surface area contributed by atoms with Gasteiger partial charge in [0.1, 0.15) is 0 Å². The van der Waals surface area contributed by atoms with Crippen LogP contribution in [0.2, 0.25) is 10.0 Å². The molecule has 0 aliphatic heterocycles. The minimum atomic E-state index is -0.340. The maximum atomic E-state index is 12.4. The Balaban J connectivity index is 2.09. The molecule has 0 heterocycles. The number of nitrogens with zero attached hydrogens (tertiary/aromatic N) is 1.